The van der Waals surface area contributed by atoms with Crippen LogP contribution in [0.15, 0.2) is 0 Å². The van der Waals surface area contributed by atoms with Gasteiger partial charge in [-0.2, -0.15) is 0 Å². The standard InChI is InChI=1S/C14H26N2O2/c1-9(2)16(11-7-8-11)12(17)10(3)15-13(18)14(4,5)6/h9-11H,7-8H2,1-6H3,(H,15,18)/t10-/m0/s1. The van der Waals surface area contributed by atoms with Crippen molar-refractivity contribution in [2.24, 2.45) is 5.41 Å². The van der Waals surface area contributed by atoms with E-state index in [9.17, 15) is 9.59 Å². The summed E-state index contributed by atoms with van der Waals surface area (Å²) in [5.74, 6) is -0.0482. The Bertz CT molecular complexity index is 325. The first-order chi connectivity index (χ1) is 8.14. The van der Waals surface area contributed by atoms with Crippen LogP contribution in [0.25, 0.3) is 0 Å². The van der Waals surface area contributed by atoms with Crippen molar-refractivity contribution in [1.82, 2.24) is 10.2 Å². The van der Waals surface area contributed by atoms with Gasteiger partial charge in [0.2, 0.25) is 11.8 Å². The molecule has 0 bridgehead atoms. The summed E-state index contributed by atoms with van der Waals surface area (Å²) in [7, 11) is 0. The zero-order valence-corrected chi connectivity index (χ0v) is 12.4. The van der Waals surface area contributed by atoms with Gasteiger partial charge in [0.25, 0.3) is 0 Å². The lowest BCUT2D eigenvalue weighted by Gasteiger charge is -2.31. The molecule has 18 heavy (non-hydrogen) atoms. The highest BCUT2D eigenvalue weighted by atomic mass is 16.2. The van der Waals surface area contributed by atoms with E-state index >= 15 is 0 Å². The van der Waals surface area contributed by atoms with Crippen LogP contribution < -0.4 is 5.32 Å². The topological polar surface area (TPSA) is 49.4 Å². The minimum absolute atomic E-state index is 0.0325. The van der Waals surface area contributed by atoms with E-state index < -0.39 is 11.5 Å². The van der Waals surface area contributed by atoms with Crippen LogP contribution in [-0.2, 0) is 9.59 Å². The molecule has 1 N–H and O–H groups in total. The van der Waals surface area contributed by atoms with E-state index in [1.165, 1.54) is 0 Å². The summed E-state index contributed by atoms with van der Waals surface area (Å²) >= 11 is 0. The summed E-state index contributed by atoms with van der Waals surface area (Å²) in [4.78, 5) is 26.1. The lowest BCUT2D eigenvalue weighted by atomic mass is 9.95. The first-order valence-electron chi connectivity index (χ1n) is 6.77. The fourth-order valence-electron chi connectivity index (χ4n) is 1.91. The molecule has 1 aliphatic carbocycles. The number of nitrogens with one attached hydrogen (secondary N) is 1. The fraction of sp³-hybridized carbons (Fsp3) is 0.857. The maximum Gasteiger partial charge on any atom is 0.245 e. The molecule has 104 valence electrons. The van der Waals surface area contributed by atoms with Gasteiger partial charge in [-0.15, -0.1) is 0 Å². The van der Waals surface area contributed by atoms with Crippen LogP contribution >= 0.6 is 0 Å². The van der Waals surface area contributed by atoms with Gasteiger partial charge in [-0.1, -0.05) is 20.8 Å². The molecule has 0 aromatic carbocycles. The first-order valence-corrected chi connectivity index (χ1v) is 6.77. The Morgan fingerprint density at radius 3 is 2.00 bits per heavy atom. The third-order valence-electron chi connectivity index (χ3n) is 3.15. The molecule has 0 aliphatic heterocycles. The second-order valence-electron chi connectivity index (χ2n) is 6.52. The van der Waals surface area contributed by atoms with Gasteiger partial charge in [0, 0.05) is 17.5 Å². The molecule has 2 amide bonds. The van der Waals surface area contributed by atoms with Crippen molar-refractivity contribution in [2.45, 2.75) is 72.5 Å². The molecule has 0 radical (unpaired) electrons. The van der Waals surface area contributed by atoms with Gasteiger partial charge in [0.05, 0.1) is 0 Å². The van der Waals surface area contributed by atoms with Crippen molar-refractivity contribution >= 4 is 11.8 Å². The minimum Gasteiger partial charge on any atom is -0.344 e. The van der Waals surface area contributed by atoms with Gasteiger partial charge < -0.3 is 10.2 Å². The molecule has 0 aromatic heterocycles. The molecule has 0 heterocycles. The Labute approximate surface area is 110 Å². The molecule has 0 aromatic rings. The Balaban J connectivity index is 2.62. The zero-order chi connectivity index (χ0) is 14.1. The normalized spacial score (nSPS) is 17.5. The number of carbonyl (C=O) groups excluding carboxylic acids is 2. The molecule has 4 heteroatoms. The molecule has 0 spiro atoms. The highest BCUT2D eigenvalue weighted by Crippen LogP contribution is 2.29. The van der Waals surface area contributed by atoms with Gasteiger partial charge in [0.15, 0.2) is 0 Å². The maximum atomic E-state index is 12.3. The van der Waals surface area contributed by atoms with Gasteiger partial charge in [-0.25, -0.2) is 0 Å². The third kappa shape index (κ3) is 3.72. The Hall–Kier alpha value is -1.06. The van der Waals surface area contributed by atoms with Crippen LogP contribution in [-0.4, -0.2) is 34.8 Å². The predicted molar refractivity (Wildman–Crippen MR) is 72.1 cm³/mol. The lowest BCUT2D eigenvalue weighted by molar-refractivity contribution is -0.139. The van der Waals surface area contributed by atoms with Crippen LogP contribution in [0.3, 0.4) is 0 Å². The summed E-state index contributed by atoms with van der Waals surface area (Å²) in [5, 5.41) is 2.81. The highest BCUT2D eigenvalue weighted by Gasteiger charge is 2.37. The smallest absolute Gasteiger partial charge is 0.245 e. The van der Waals surface area contributed by atoms with E-state index in [2.05, 4.69) is 5.32 Å². The van der Waals surface area contributed by atoms with Crippen LogP contribution in [0.4, 0.5) is 0 Å². The number of hydrogen-bond donors (Lipinski definition) is 1. The summed E-state index contributed by atoms with van der Waals surface area (Å²) in [6.07, 6.45) is 2.17. The van der Waals surface area contributed by atoms with Crippen molar-refractivity contribution < 1.29 is 9.59 Å². The predicted octanol–water partition coefficient (Wildman–Crippen LogP) is 1.94. The Kier molecular flexibility index (Phi) is 4.41. The monoisotopic (exact) mass is 254 g/mol. The molecule has 1 aliphatic rings. The van der Waals surface area contributed by atoms with E-state index in [4.69, 9.17) is 0 Å². The van der Waals surface area contributed by atoms with E-state index in [1.807, 2.05) is 39.5 Å². The summed E-state index contributed by atoms with van der Waals surface area (Å²) in [6.45, 7) is 11.4. The van der Waals surface area contributed by atoms with E-state index in [0.29, 0.717) is 6.04 Å². The Morgan fingerprint density at radius 2 is 1.67 bits per heavy atom. The van der Waals surface area contributed by atoms with E-state index in [1.54, 1.807) is 6.92 Å². The maximum absolute atomic E-state index is 12.3. The number of hydrogen-bond acceptors (Lipinski definition) is 2. The SMILES string of the molecule is CC(C)N(C(=O)[C@H](C)NC(=O)C(C)(C)C)C1CC1. The van der Waals surface area contributed by atoms with Gasteiger partial charge in [-0.3, -0.25) is 9.59 Å². The van der Waals surface area contributed by atoms with Gasteiger partial charge >= 0.3 is 0 Å². The summed E-state index contributed by atoms with van der Waals surface area (Å²) < 4.78 is 0. The average molecular weight is 254 g/mol. The number of amides is 2. The summed E-state index contributed by atoms with van der Waals surface area (Å²) in [6, 6.07) is 0.130. The highest BCUT2D eigenvalue weighted by molar-refractivity contribution is 5.89. The molecule has 0 saturated heterocycles. The second-order valence-corrected chi connectivity index (χ2v) is 6.52. The van der Waals surface area contributed by atoms with Crippen molar-refractivity contribution in [2.75, 3.05) is 0 Å². The number of rotatable bonds is 4. The van der Waals surface area contributed by atoms with Gasteiger partial charge in [-0.05, 0) is 33.6 Å². The molecule has 1 rings (SSSR count). The summed E-state index contributed by atoms with van der Waals surface area (Å²) in [5.41, 5.74) is -0.462. The van der Waals surface area contributed by atoms with Crippen LogP contribution in [0.2, 0.25) is 0 Å². The molecular weight excluding hydrogens is 228 g/mol. The second kappa shape index (κ2) is 5.29. The molecule has 0 unspecified atom stereocenters. The van der Waals surface area contributed by atoms with Gasteiger partial charge in [0.1, 0.15) is 6.04 Å². The first kappa shape index (κ1) is 15.0. The third-order valence-corrected chi connectivity index (χ3v) is 3.15. The molecular formula is C14H26N2O2. The lowest BCUT2D eigenvalue weighted by Crippen LogP contribution is -2.52. The van der Waals surface area contributed by atoms with Crippen molar-refractivity contribution in [3.8, 4) is 0 Å². The van der Waals surface area contributed by atoms with E-state index in [0.717, 1.165) is 12.8 Å². The Morgan fingerprint density at radius 1 is 1.17 bits per heavy atom. The minimum atomic E-state index is -0.462. The zero-order valence-electron chi connectivity index (χ0n) is 12.4. The van der Waals surface area contributed by atoms with Crippen LogP contribution in [0.1, 0.15) is 54.4 Å². The molecule has 4 nitrogen and oxygen atoms in total. The average Bonchev–Trinajstić information content (AvgIpc) is 2.99. The molecule has 1 atom stereocenters. The number of nitrogens with zero attached hydrogens (tertiary/aromatic N) is 1. The van der Waals surface area contributed by atoms with Crippen molar-refractivity contribution in [1.29, 1.82) is 0 Å². The largest absolute Gasteiger partial charge is 0.344 e. The molecule has 1 saturated carbocycles. The molecule has 1 fully saturated rings. The van der Waals surface area contributed by atoms with Crippen LogP contribution in [0.5, 0.6) is 0 Å². The van der Waals surface area contributed by atoms with Crippen LogP contribution in [0, 0.1) is 5.41 Å². The van der Waals surface area contributed by atoms with Crippen molar-refractivity contribution in [3.63, 3.8) is 0 Å². The van der Waals surface area contributed by atoms with E-state index in [-0.39, 0.29) is 17.9 Å². The van der Waals surface area contributed by atoms with Crippen molar-refractivity contribution in [3.05, 3.63) is 0 Å². The quantitative estimate of drug-likeness (QED) is 0.833. The number of carbonyl (C=O) groups is 2. The fourth-order valence-corrected chi connectivity index (χ4v) is 1.91.